The first-order valence-corrected chi connectivity index (χ1v) is 14.9. The topological polar surface area (TPSA) is 87.0 Å². The number of hydrogen-bond donors (Lipinski definition) is 0. The first kappa shape index (κ1) is 27.3. The molecule has 0 atom stereocenters. The molecule has 1 aliphatic rings. The zero-order valence-corrected chi connectivity index (χ0v) is 23.5. The van der Waals surface area contributed by atoms with Gasteiger partial charge >= 0.3 is 0 Å². The Morgan fingerprint density at radius 2 is 1.74 bits per heavy atom. The molecule has 1 fully saturated rings. The van der Waals surface area contributed by atoms with E-state index in [4.69, 9.17) is 11.6 Å². The molecule has 1 heterocycles. The smallest absolute Gasteiger partial charge is 0.271 e. The van der Waals surface area contributed by atoms with Crippen LogP contribution in [0.1, 0.15) is 11.1 Å². The standard InChI is InChI=1S/C22H27Br2ClN4O4S/c1-17-13-20(29(30)31)15-21(22(17)27(7-5-23)8-6-24)34(32,33)28-11-9-26(10-12-28)16-18-3-2-4-19(25)14-18/h2-4,13-15H,5-12,16H2,1H3. The molecule has 0 radical (unpaired) electrons. The lowest BCUT2D eigenvalue weighted by Gasteiger charge is -2.35. The zero-order valence-electron chi connectivity index (χ0n) is 18.8. The summed E-state index contributed by atoms with van der Waals surface area (Å²) in [4.78, 5) is 15.1. The fraction of sp³-hybridized carbons (Fsp3) is 0.455. The molecule has 1 saturated heterocycles. The van der Waals surface area contributed by atoms with E-state index < -0.39 is 14.9 Å². The van der Waals surface area contributed by atoms with E-state index in [2.05, 4.69) is 36.8 Å². The summed E-state index contributed by atoms with van der Waals surface area (Å²) < 4.78 is 29.0. The minimum atomic E-state index is -3.95. The third kappa shape index (κ3) is 6.50. The highest BCUT2D eigenvalue weighted by atomic mass is 79.9. The molecule has 2 aromatic carbocycles. The van der Waals surface area contributed by atoms with Crippen LogP contribution in [-0.2, 0) is 16.6 Å². The molecule has 0 bridgehead atoms. The predicted octanol–water partition coefficient (Wildman–Crippen LogP) is 4.66. The summed E-state index contributed by atoms with van der Waals surface area (Å²) in [5, 5.41) is 13.5. The Morgan fingerprint density at radius 1 is 1.09 bits per heavy atom. The van der Waals surface area contributed by atoms with Gasteiger partial charge in [0.25, 0.3) is 5.69 Å². The van der Waals surface area contributed by atoms with E-state index >= 15 is 0 Å². The Hall–Kier alpha value is -1.24. The van der Waals surface area contributed by atoms with Gasteiger partial charge in [-0.2, -0.15) is 4.31 Å². The number of halogens is 3. The lowest BCUT2D eigenvalue weighted by Crippen LogP contribution is -2.48. The molecule has 0 saturated carbocycles. The van der Waals surface area contributed by atoms with Gasteiger partial charge in [0.2, 0.25) is 10.0 Å². The van der Waals surface area contributed by atoms with Crippen molar-refractivity contribution in [2.75, 3.05) is 54.8 Å². The van der Waals surface area contributed by atoms with Crippen molar-refractivity contribution in [3.63, 3.8) is 0 Å². The van der Waals surface area contributed by atoms with Crippen molar-refractivity contribution in [1.29, 1.82) is 0 Å². The maximum atomic E-state index is 13.8. The first-order chi connectivity index (χ1) is 16.2. The molecule has 2 aromatic rings. The third-order valence-electron chi connectivity index (χ3n) is 5.73. The summed E-state index contributed by atoms with van der Waals surface area (Å²) in [6.45, 7) is 5.27. The van der Waals surface area contributed by atoms with Crippen LogP contribution < -0.4 is 4.90 Å². The van der Waals surface area contributed by atoms with Gasteiger partial charge in [-0.05, 0) is 30.2 Å². The highest BCUT2D eigenvalue weighted by Gasteiger charge is 2.34. The van der Waals surface area contributed by atoms with E-state index in [0.29, 0.717) is 72.7 Å². The summed E-state index contributed by atoms with van der Waals surface area (Å²) in [5.74, 6) is 0. The molecule has 1 aliphatic heterocycles. The van der Waals surface area contributed by atoms with Gasteiger partial charge in [-0.25, -0.2) is 8.42 Å². The number of alkyl halides is 2. The highest BCUT2D eigenvalue weighted by molar-refractivity contribution is 9.09. The van der Waals surface area contributed by atoms with Gasteiger partial charge in [0.1, 0.15) is 4.90 Å². The van der Waals surface area contributed by atoms with Gasteiger partial charge in [0.05, 0.1) is 10.6 Å². The van der Waals surface area contributed by atoms with Gasteiger partial charge < -0.3 is 4.90 Å². The molecule has 3 rings (SSSR count). The van der Waals surface area contributed by atoms with Crippen LogP contribution in [0.5, 0.6) is 0 Å². The summed E-state index contributed by atoms with van der Waals surface area (Å²) in [5.41, 5.74) is 1.93. The second-order valence-corrected chi connectivity index (χ2v) is 12.0. The number of anilines is 1. The number of rotatable bonds is 10. The lowest BCUT2D eigenvalue weighted by molar-refractivity contribution is -0.385. The van der Waals surface area contributed by atoms with Crippen LogP contribution in [0, 0.1) is 17.0 Å². The number of non-ortho nitro benzene ring substituents is 1. The molecular formula is C22H27Br2ClN4O4S. The number of sulfonamides is 1. The summed E-state index contributed by atoms with van der Waals surface area (Å²) in [6.07, 6.45) is 0. The summed E-state index contributed by atoms with van der Waals surface area (Å²) in [7, 11) is -3.95. The Kier molecular flexibility index (Phi) is 9.76. The Bertz CT molecular complexity index is 1120. The fourth-order valence-electron chi connectivity index (χ4n) is 4.14. The molecule has 0 spiro atoms. The van der Waals surface area contributed by atoms with Gasteiger partial charge in [-0.1, -0.05) is 55.6 Å². The molecule has 0 unspecified atom stereocenters. The summed E-state index contributed by atoms with van der Waals surface area (Å²) in [6, 6.07) is 10.3. The average Bonchev–Trinajstić information content (AvgIpc) is 2.79. The number of nitro benzene ring substituents is 1. The monoisotopic (exact) mass is 636 g/mol. The van der Waals surface area contributed by atoms with E-state index in [1.165, 1.54) is 16.4 Å². The van der Waals surface area contributed by atoms with Gasteiger partial charge in [0.15, 0.2) is 0 Å². The van der Waals surface area contributed by atoms with Crippen molar-refractivity contribution in [1.82, 2.24) is 9.21 Å². The third-order valence-corrected chi connectivity index (χ3v) is 8.59. The van der Waals surface area contributed by atoms with Crippen LogP contribution in [0.2, 0.25) is 5.02 Å². The molecule has 186 valence electrons. The highest BCUT2D eigenvalue weighted by Crippen LogP contribution is 2.35. The van der Waals surface area contributed by atoms with Crippen LogP contribution in [0.15, 0.2) is 41.3 Å². The van der Waals surface area contributed by atoms with Crippen LogP contribution in [0.3, 0.4) is 0 Å². The van der Waals surface area contributed by atoms with Gasteiger partial charge in [0, 0.05) is 73.6 Å². The lowest BCUT2D eigenvalue weighted by atomic mass is 10.1. The Labute approximate surface area is 222 Å². The molecule has 0 aliphatic carbocycles. The fourth-order valence-corrected chi connectivity index (χ4v) is 6.93. The van der Waals surface area contributed by atoms with Crippen molar-refractivity contribution in [2.24, 2.45) is 0 Å². The van der Waals surface area contributed by atoms with Crippen LogP contribution in [0.4, 0.5) is 11.4 Å². The van der Waals surface area contributed by atoms with Crippen molar-refractivity contribution >= 4 is 64.9 Å². The summed E-state index contributed by atoms with van der Waals surface area (Å²) >= 11 is 12.9. The second-order valence-electron chi connectivity index (χ2n) is 8.04. The quantitative estimate of drug-likeness (QED) is 0.214. The van der Waals surface area contributed by atoms with Crippen molar-refractivity contribution < 1.29 is 13.3 Å². The largest absolute Gasteiger partial charge is 0.369 e. The Balaban J connectivity index is 1.89. The zero-order chi connectivity index (χ0) is 24.9. The Morgan fingerprint density at radius 3 is 2.29 bits per heavy atom. The van der Waals surface area contributed by atoms with Crippen molar-refractivity contribution in [2.45, 2.75) is 18.4 Å². The van der Waals surface area contributed by atoms with Crippen molar-refractivity contribution in [3.05, 3.63) is 62.7 Å². The maximum absolute atomic E-state index is 13.8. The van der Waals surface area contributed by atoms with Crippen LogP contribution >= 0.6 is 43.5 Å². The number of nitro groups is 1. The number of hydrogen-bond acceptors (Lipinski definition) is 6. The number of aryl methyl sites for hydroxylation is 1. The molecule has 8 nitrogen and oxygen atoms in total. The van der Waals surface area contributed by atoms with E-state index in [0.717, 1.165) is 5.56 Å². The van der Waals surface area contributed by atoms with Crippen molar-refractivity contribution in [3.8, 4) is 0 Å². The van der Waals surface area contributed by atoms with E-state index in [9.17, 15) is 18.5 Å². The molecule has 0 aromatic heterocycles. The molecule has 34 heavy (non-hydrogen) atoms. The van der Waals surface area contributed by atoms with E-state index in [1.807, 2.05) is 29.2 Å². The number of benzene rings is 2. The van der Waals surface area contributed by atoms with E-state index in [-0.39, 0.29) is 10.6 Å². The van der Waals surface area contributed by atoms with E-state index in [1.54, 1.807) is 6.92 Å². The first-order valence-electron chi connectivity index (χ1n) is 10.8. The maximum Gasteiger partial charge on any atom is 0.271 e. The number of nitrogens with zero attached hydrogens (tertiary/aromatic N) is 4. The second kappa shape index (κ2) is 12.1. The number of piperazine rings is 1. The molecule has 0 amide bonds. The van der Waals surface area contributed by atoms with Crippen LogP contribution in [0.25, 0.3) is 0 Å². The molecule has 0 N–H and O–H groups in total. The molecule has 12 heteroatoms. The van der Waals surface area contributed by atoms with Gasteiger partial charge in [-0.3, -0.25) is 15.0 Å². The SMILES string of the molecule is Cc1cc([N+](=O)[O-])cc(S(=O)(=O)N2CCN(Cc3cccc(Cl)c3)CC2)c1N(CCBr)CCBr. The normalized spacial score (nSPS) is 15.4. The van der Waals surface area contributed by atoms with Crippen LogP contribution in [-0.4, -0.2) is 72.5 Å². The van der Waals surface area contributed by atoms with Gasteiger partial charge in [-0.15, -0.1) is 0 Å². The minimum absolute atomic E-state index is 0.00982. The minimum Gasteiger partial charge on any atom is -0.369 e. The predicted molar refractivity (Wildman–Crippen MR) is 143 cm³/mol. The average molecular weight is 639 g/mol. The molecular weight excluding hydrogens is 612 g/mol.